The number of carbonyl (C=O) groups is 1. The normalized spacial score (nSPS) is 11.2. The number of anilines is 1. The quantitative estimate of drug-likeness (QED) is 0.825. The van der Waals surface area contributed by atoms with Gasteiger partial charge in [-0.1, -0.05) is 12.1 Å². The Hall–Kier alpha value is -1.55. The molecule has 0 aromatic heterocycles. The van der Waals surface area contributed by atoms with Gasteiger partial charge in [0.2, 0.25) is 0 Å². The summed E-state index contributed by atoms with van der Waals surface area (Å²) in [6.07, 6.45) is 0. The summed E-state index contributed by atoms with van der Waals surface area (Å²) in [4.78, 5) is 13.5. The molecule has 0 radical (unpaired) electrons. The number of methoxy groups -OCH3 is 1. The van der Waals surface area contributed by atoms with Gasteiger partial charge in [0.05, 0.1) is 18.4 Å². The molecule has 100 valence electrons. The molecule has 18 heavy (non-hydrogen) atoms. The standard InChI is InChI=1S/C14H21NO3/c1-14(2,3)18-10-13(16)15(4)11-8-6-7-9-12(11)17-5/h6-9H,10H2,1-5H3. The second-order valence-electron chi connectivity index (χ2n) is 5.03. The van der Waals surface area contributed by atoms with Crippen molar-refractivity contribution in [2.75, 3.05) is 25.7 Å². The van der Waals surface area contributed by atoms with Crippen LogP contribution in [0.2, 0.25) is 0 Å². The maximum atomic E-state index is 12.0. The topological polar surface area (TPSA) is 38.8 Å². The number of hydrogen-bond acceptors (Lipinski definition) is 3. The molecule has 0 unspecified atom stereocenters. The minimum atomic E-state index is -0.322. The molecule has 0 fully saturated rings. The summed E-state index contributed by atoms with van der Waals surface area (Å²) < 4.78 is 10.7. The molecular weight excluding hydrogens is 230 g/mol. The smallest absolute Gasteiger partial charge is 0.252 e. The minimum absolute atomic E-state index is 0.0536. The van der Waals surface area contributed by atoms with Crippen LogP contribution in [0.1, 0.15) is 20.8 Å². The second-order valence-corrected chi connectivity index (χ2v) is 5.03. The number of likely N-dealkylation sites (N-methyl/N-ethyl adjacent to an activating group) is 1. The van der Waals surface area contributed by atoms with Crippen molar-refractivity contribution in [1.29, 1.82) is 0 Å². The first-order chi connectivity index (χ1) is 8.35. The Morgan fingerprint density at radius 3 is 2.44 bits per heavy atom. The van der Waals surface area contributed by atoms with Crippen LogP contribution in [-0.2, 0) is 9.53 Å². The summed E-state index contributed by atoms with van der Waals surface area (Å²) >= 11 is 0. The van der Waals surface area contributed by atoms with E-state index in [1.165, 1.54) is 0 Å². The fraction of sp³-hybridized carbons (Fsp3) is 0.500. The van der Waals surface area contributed by atoms with Crippen LogP contribution in [-0.4, -0.2) is 32.3 Å². The van der Waals surface area contributed by atoms with Gasteiger partial charge in [-0.15, -0.1) is 0 Å². The highest BCUT2D eigenvalue weighted by molar-refractivity contribution is 5.95. The van der Waals surface area contributed by atoms with Crippen molar-refractivity contribution in [2.24, 2.45) is 0 Å². The second kappa shape index (κ2) is 5.87. The number of hydrogen-bond donors (Lipinski definition) is 0. The van der Waals surface area contributed by atoms with Gasteiger partial charge < -0.3 is 14.4 Å². The van der Waals surface area contributed by atoms with E-state index in [1.807, 2.05) is 45.0 Å². The van der Waals surface area contributed by atoms with Gasteiger partial charge in [0.1, 0.15) is 12.4 Å². The molecule has 0 atom stereocenters. The zero-order valence-corrected chi connectivity index (χ0v) is 11.7. The van der Waals surface area contributed by atoms with E-state index in [4.69, 9.17) is 9.47 Å². The summed E-state index contributed by atoms with van der Waals surface area (Å²) in [5.74, 6) is 0.568. The van der Waals surface area contributed by atoms with Crippen molar-refractivity contribution >= 4 is 11.6 Å². The Morgan fingerprint density at radius 2 is 1.89 bits per heavy atom. The fourth-order valence-electron chi connectivity index (χ4n) is 1.42. The number of para-hydroxylation sites is 2. The van der Waals surface area contributed by atoms with E-state index < -0.39 is 0 Å². The lowest BCUT2D eigenvalue weighted by molar-refractivity contribution is -0.127. The first-order valence-corrected chi connectivity index (χ1v) is 5.88. The summed E-state index contributed by atoms with van der Waals surface area (Å²) in [6.45, 7) is 5.81. The average molecular weight is 251 g/mol. The largest absolute Gasteiger partial charge is 0.495 e. The number of amides is 1. The number of benzene rings is 1. The van der Waals surface area contributed by atoms with Crippen molar-refractivity contribution in [3.8, 4) is 5.75 Å². The van der Waals surface area contributed by atoms with Crippen LogP contribution in [0.5, 0.6) is 5.75 Å². The molecule has 0 aliphatic carbocycles. The third-order valence-corrected chi connectivity index (χ3v) is 2.45. The lowest BCUT2D eigenvalue weighted by Crippen LogP contribution is -2.33. The van der Waals surface area contributed by atoms with Gasteiger partial charge in [-0.3, -0.25) is 4.79 Å². The van der Waals surface area contributed by atoms with Gasteiger partial charge in [-0.25, -0.2) is 0 Å². The highest BCUT2D eigenvalue weighted by Crippen LogP contribution is 2.26. The van der Waals surface area contributed by atoms with Crippen molar-refractivity contribution in [1.82, 2.24) is 0 Å². The van der Waals surface area contributed by atoms with Gasteiger partial charge in [0.15, 0.2) is 0 Å². The molecule has 4 heteroatoms. The maximum absolute atomic E-state index is 12.0. The molecule has 0 N–H and O–H groups in total. The molecule has 0 saturated carbocycles. The van der Waals surface area contributed by atoms with E-state index in [0.717, 1.165) is 5.69 Å². The summed E-state index contributed by atoms with van der Waals surface area (Å²) in [5.41, 5.74) is 0.416. The highest BCUT2D eigenvalue weighted by Gasteiger charge is 2.18. The molecule has 1 amide bonds. The zero-order chi connectivity index (χ0) is 13.8. The first kappa shape index (κ1) is 14.5. The maximum Gasteiger partial charge on any atom is 0.252 e. The third kappa shape index (κ3) is 4.04. The Bertz CT molecular complexity index is 410. The number of rotatable bonds is 4. The van der Waals surface area contributed by atoms with Crippen molar-refractivity contribution < 1.29 is 14.3 Å². The molecular formula is C14H21NO3. The van der Waals surface area contributed by atoms with Crippen LogP contribution in [0.25, 0.3) is 0 Å². The Kier molecular flexibility index (Phi) is 4.73. The number of nitrogens with zero attached hydrogens (tertiary/aromatic N) is 1. The van der Waals surface area contributed by atoms with Gasteiger partial charge in [-0.2, -0.15) is 0 Å². The minimum Gasteiger partial charge on any atom is -0.495 e. The van der Waals surface area contributed by atoms with Gasteiger partial charge in [0.25, 0.3) is 5.91 Å². The molecule has 0 aliphatic rings. The Labute approximate surface area is 108 Å². The van der Waals surface area contributed by atoms with Crippen LogP contribution >= 0.6 is 0 Å². The molecule has 1 aromatic rings. The number of ether oxygens (including phenoxy) is 2. The zero-order valence-electron chi connectivity index (χ0n) is 11.7. The van der Waals surface area contributed by atoms with Crippen LogP contribution in [0.4, 0.5) is 5.69 Å². The molecule has 4 nitrogen and oxygen atoms in total. The summed E-state index contributed by atoms with van der Waals surface area (Å²) in [5, 5.41) is 0. The monoisotopic (exact) mass is 251 g/mol. The van der Waals surface area contributed by atoms with Crippen molar-refractivity contribution in [3.63, 3.8) is 0 Å². The predicted octanol–water partition coefficient (Wildman–Crippen LogP) is 2.47. The molecule has 0 saturated heterocycles. The Balaban J connectivity index is 2.74. The predicted molar refractivity (Wildman–Crippen MR) is 72.1 cm³/mol. The summed E-state index contributed by atoms with van der Waals surface area (Å²) in [7, 11) is 3.30. The summed E-state index contributed by atoms with van der Waals surface area (Å²) in [6, 6.07) is 7.40. The van der Waals surface area contributed by atoms with Gasteiger partial charge in [0, 0.05) is 7.05 Å². The molecule has 1 aromatic carbocycles. The molecule has 0 bridgehead atoms. The van der Waals surface area contributed by atoms with Crippen LogP contribution < -0.4 is 9.64 Å². The van der Waals surface area contributed by atoms with E-state index in [2.05, 4.69) is 0 Å². The van der Waals surface area contributed by atoms with E-state index in [0.29, 0.717) is 5.75 Å². The van der Waals surface area contributed by atoms with E-state index >= 15 is 0 Å². The number of carbonyl (C=O) groups excluding carboxylic acids is 1. The van der Waals surface area contributed by atoms with Gasteiger partial charge >= 0.3 is 0 Å². The Morgan fingerprint density at radius 1 is 1.28 bits per heavy atom. The van der Waals surface area contributed by atoms with Crippen LogP contribution in [0.15, 0.2) is 24.3 Å². The third-order valence-electron chi connectivity index (χ3n) is 2.45. The van der Waals surface area contributed by atoms with Gasteiger partial charge in [-0.05, 0) is 32.9 Å². The molecule has 1 rings (SSSR count). The average Bonchev–Trinajstić information content (AvgIpc) is 2.34. The van der Waals surface area contributed by atoms with E-state index in [-0.39, 0.29) is 18.1 Å². The lowest BCUT2D eigenvalue weighted by Gasteiger charge is -2.23. The first-order valence-electron chi connectivity index (χ1n) is 5.88. The SMILES string of the molecule is COc1ccccc1N(C)C(=O)COC(C)(C)C. The molecule has 0 heterocycles. The van der Waals surface area contributed by atoms with Crippen molar-refractivity contribution in [2.45, 2.75) is 26.4 Å². The highest BCUT2D eigenvalue weighted by atomic mass is 16.5. The van der Waals surface area contributed by atoms with E-state index in [9.17, 15) is 4.79 Å². The fourth-order valence-corrected chi connectivity index (χ4v) is 1.42. The van der Waals surface area contributed by atoms with Crippen LogP contribution in [0, 0.1) is 0 Å². The molecule has 0 aliphatic heterocycles. The van der Waals surface area contributed by atoms with Crippen molar-refractivity contribution in [3.05, 3.63) is 24.3 Å². The van der Waals surface area contributed by atoms with E-state index in [1.54, 1.807) is 19.1 Å². The lowest BCUT2D eigenvalue weighted by atomic mass is 10.2. The van der Waals surface area contributed by atoms with Crippen LogP contribution in [0.3, 0.4) is 0 Å². The molecule has 0 spiro atoms.